The van der Waals surface area contributed by atoms with Gasteiger partial charge in [0, 0.05) is 12.6 Å². The molecule has 0 saturated heterocycles. The van der Waals surface area contributed by atoms with Gasteiger partial charge in [0.05, 0.1) is 0 Å². The summed E-state index contributed by atoms with van der Waals surface area (Å²) in [6.45, 7) is 3.69. The summed E-state index contributed by atoms with van der Waals surface area (Å²) in [5.41, 5.74) is 0.973. The molecule has 82 valence electrons. The third-order valence-corrected chi connectivity index (χ3v) is 2.46. The van der Waals surface area contributed by atoms with Gasteiger partial charge in [0.25, 0.3) is 5.56 Å². The molecule has 0 aliphatic carbocycles. The Morgan fingerprint density at radius 1 is 1.44 bits per heavy atom. The average molecular weight is 216 g/mol. The van der Waals surface area contributed by atoms with Crippen molar-refractivity contribution in [2.45, 2.75) is 0 Å². The minimum atomic E-state index is -0.159. The van der Waals surface area contributed by atoms with Crippen LogP contribution in [0.5, 0.6) is 5.75 Å². The minimum absolute atomic E-state index is 0.143. The minimum Gasteiger partial charge on any atom is -0.507 e. The van der Waals surface area contributed by atoms with Gasteiger partial charge in [0.1, 0.15) is 16.6 Å². The normalized spacial score (nSPS) is 11.9. The highest BCUT2D eigenvalue weighted by Crippen LogP contribution is 2.15. The first kappa shape index (κ1) is 10.3. The number of rotatable bonds is 1. The molecular formula is C12H12N2O2. The molecule has 0 saturated carbocycles. The van der Waals surface area contributed by atoms with E-state index in [2.05, 4.69) is 11.6 Å². The maximum absolute atomic E-state index is 11.7. The summed E-state index contributed by atoms with van der Waals surface area (Å²) in [6.07, 6.45) is 1.60. The molecule has 0 aliphatic heterocycles. The van der Waals surface area contributed by atoms with Gasteiger partial charge >= 0.3 is 0 Å². The summed E-state index contributed by atoms with van der Waals surface area (Å²) < 4.78 is 1.42. The smallest absolute Gasteiger partial charge is 0.275 e. The Hall–Kier alpha value is -2.23. The van der Waals surface area contributed by atoms with Crippen LogP contribution in [0, 0.1) is 0 Å². The molecule has 2 N–H and O–H groups in total. The number of phenols is 1. The maximum Gasteiger partial charge on any atom is 0.275 e. The van der Waals surface area contributed by atoms with E-state index in [1.807, 2.05) is 0 Å². The number of nitrogens with zero attached hydrogens (tertiary/aromatic N) is 1. The van der Waals surface area contributed by atoms with Crippen LogP contribution in [0.3, 0.4) is 0 Å². The highest BCUT2D eigenvalue weighted by atomic mass is 16.3. The fraction of sp³-hybridized carbons (Fsp3) is 0.0833. The van der Waals surface area contributed by atoms with Crippen molar-refractivity contribution in [2.24, 2.45) is 7.05 Å². The average Bonchev–Trinajstić information content (AvgIpc) is 2.50. The topological polar surface area (TPSA) is 58.0 Å². The summed E-state index contributed by atoms with van der Waals surface area (Å²) in [5, 5.41) is 9.98. The second kappa shape index (κ2) is 3.73. The molecule has 1 aromatic heterocycles. The number of aromatic nitrogens is 2. The van der Waals surface area contributed by atoms with Crippen molar-refractivity contribution in [1.82, 2.24) is 9.55 Å². The number of aromatic hydroxyl groups is 1. The van der Waals surface area contributed by atoms with Gasteiger partial charge in [-0.3, -0.25) is 9.36 Å². The van der Waals surface area contributed by atoms with Gasteiger partial charge in [-0.2, -0.15) is 0 Å². The zero-order chi connectivity index (χ0) is 11.7. The van der Waals surface area contributed by atoms with Crippen LogP contribution in [0.1, 0.15) is 5.56 Å². The van der Waals surface area contributed by atoms with Gasteiger partial charge in [0.15, 0.2) is 0 Å². The molecule has 0 bridgehead atoms. The Kier molecular flexibility index (Phi) is 2.40. The van der Waals surface area contributed by atoms with E-state index >= 15 is 0 Å². The van der Waals surface area contributed by atoms with Gasteiger partial charge in [-0.1, -0.05) is 24.8 Å². The fourth-order valence-electron chi connectivity index (χ4n) is 1.46. The molecule has 1 heterocycles. The lowest BCUT2D eigenvalue weighted by atomic mass is 10.2. The number of nitrogens with one attached hydrogen (secondary N) is 1. The van der Waals surface area contributed by atoms with Crippen molar-refractivity contribution in [2.75, 3.05) is 0 Å². The first-order chi connectivity index (χ1) is 7.59. The predicted molar refractivity (Wildman–Crippen MR) is 62.5 cm³/mol. The number of aromatic amines is 1. The van der Waals surface area contributed by atoms with Crippen molar-refractivity contribution in [3.63, 3.8) is 0 Å². The number of hydrogen-bond acceptors (Lipinski definition) is 2. The van der Waals surface area contributed by atoms with Gasteiger partial charge in [-0.05, 0) is 12.1 Å². The summed E-state index contributed by atoms with van der Waals surface area (Å²) in [7, 11) is 1.64. The second-order valence-corrected chi connectivity index (χ2v) is 3.55. The molecule has 1 aromatic carbocycles. The third kappa shape index (κ3) is 1.65. The van der Waals surface area contributed by atoms with E-state index in [0.717, 1.165) is 0 Å². The first-order valence-corrected chi connectivity index (χ1v) is 4.83. The number of hydrogen-bond donors (Lipinski definition) is 2. The van der Waals surface area contributed by atoms with Crippen molar-refractivity contribution >= 4 is 12.7 Å². The maximum atomic E-state index is 11.7. The lowest BCUT2D eigenvalue weighted by Crippen LogP contribution is -2.28. The summed E-state index contributed by atoms with van der Waals surface area (Å²) in [5.74, 6) is 0.143. The Morgan fingerprint density at radius 2 is 2.12 bits per heavy atom. The summed E-state index contributed by atoms with van der Waals surface area (Å²) in [6, 6.07) is 6.83. The van der Waals surface area contributed by atoms with E-state index in [1.54, 1.807) is 37.4 Å². The standard InChI is InChI=1S/C12H12N2O2/c1-8-13-10(12(16)14(8)2)7-9-5-3-4-6-11(9)15/h3-7,13,15H,1H2,2H3/b10-7-. The number of para-hydroxylation sites is 1. The quantitative estimate of drug-likeness (QED) is 0.685. The van der Waals surface area contributed by atoms with Gasteiger partial charge in [0.2, 0.25) is 0 Å². The molecule has 0 aliphatic rings. The molecule has 4 heteroatoms. The lowest BCUT2D eigenvalue weighted by Gasteiger charge is -1.95. The predicted octanol–water partition coefficient (Wildman–Crippen LogP) is -0.342. The van der Waals surface area contributed by atoms with E-state index in [0.29, 0.717) is 16.4 Å². The Bertz CT molecular complexity index is 680. The van der Waals surface area contributed by atoms with Crippen LogP contribution in [0.15, 0.2) is 29.1 Å². The van der Waals surface area contributed by atoms with E-state index in [4.69, 9.17) is 0 Å². The van der Waals surface area contributed by atoms with E-state index in [-0.39, 0.29) is 11.3 Å². The van der Waals surface area contributed by atoms with Gasteiger partial charge in [-0.15, -0.1) is 0 Å². The van der Waals surface area contributed by atoms with Crippen LogP contribution in [-0.4, -0.2) is 14.7 Å². The molecule has 0 spiro atoms. The SMILES string of the molecule is C=c1[nH]/c(=C\c2ccccc2O)c(=O)n1C. The van der Waals surface area contributed by atoms with Crippen LogP contribution < -0.4 is 16.4 Å². The molecular weight excluding hydrogens is 204 g/mol. The zero-order valence-electron chi connectivity index (χ0n) is 8.90. The third-order valence-electron chi connectivity index (χ3n) is 2.46. The summed E-state index contributed by atoms with van der Waals surface area (Å²) >= 11 is 0. The molecule has 16 heavy (non-hydrogen) atoms. The monoisotopic (exact) mass is 216 g/mol. The van der Waals surface area contributed by atoms with Gasteiger partial charge in [-0.25, -0.2) is 0 Å². The molecule has 2 rings (SSSR count). The van der Waals surface area contributed by atoms with E-state index < -0.39 is 0 Å². The van der Waals surface area contributed by atoms with Crippen molar-refractivity contribution < 1.29 is 5.11 Å². The first-order valence-electron chi connectivity index (χ1n) is 4.83. The Labute approximate surface area is 91.8 Å². The zero-order valence-corrected chi connectivity index (χ0v) is 8.90. The highest BCUT2D eigenvalue weighted by molar-refractivity contribution is 5.55. The number of phenolic OH excluding ortho intramolecular Hbond substituents is 1. The molecule has 0 atom stereocenters. The second-order valence-electron chi connectivity index (χ2n) is 3.55. The van der Waals surface area contributed by atoms with Crippen LogP contribution in [0.25, 0.3) is 12.7 Å². The van der Waals surface area contributed by atoms with Gasteiger partial charge < -0.3 is 10.1 Å². The molecule has 0 radical (unpaired) electrons. The molecule has 2 aromatic rings. The largest absolute Gasteiger partial charge is 0.507 e. The number of benzene rings is 1. The Morgan fingerprint density at radius 3 is 2.69 bits per heavy atom. The number of H-pyrrole nitrogens is 1. The van der Waals surface area contributed by atoms with Crippen molar-refractivity contribution in [1.29, 1.82) is 0 Å². The van der Waals surface area contributed by atoms with E-state index in [1.165, 1.54) is 4.57 Å². The molecule has 0 amide bonds. The van der Waals surface area contributed by atoms with Crippen LogP contribution in [0.4, 0.5) is 0 Å². The van der Waals surface area contributed by atoms with Crippen molar-refractivity contribution in [3.8, 4) is 5.75 Å². The molecule has 0 unspecified atom stereocenters. The molecule has 4 nitrogen and oxygen atoms in total. The number of imidazole rings is 1. The van der Waals surface area contributed by atoms with Crippen LogP contribution >= 0.6 is 0 Å². The Balaban J connectivity index is 2.70. The summed E-state index contributed by atoms with van der Waals surface area (Å²) in [4.78, 5) is 14.5. The highest BCUT2D eigenvalue weighted by Gasteiger charge is 1.99. The lowest BCUT2D eigenvalue weighted by molar-refractivity contribution is 0.474. The van der Waals surface area contributed by atoms with Crippen LogP contribution in [0.2, 0.25) is 0 Å². The van der Waals surface area contributed by atoms with Crippen molar-refractivity contribution in [3.05, 3.63) is 51.0 Å². The fourth-order valence-corrected chi connectivity index (χ4v) is 1.46. The molecule has 0 fully saturated rings. The van der Waals surface area contributed by atoms with Crippen LogP contribution in [-0.2, 0) is 7.05 Å². The van der Waals surface area contributed by atoms with E-state index in [9.17, 15) is 9.90 Å².